The van der Waals surface area contributed by atoms with Gasteiger partial charge in [0.15, 0.2) is 0 Å². The molecule has 0 saturated heterocycles. The number of hydrogen-bond donors (Lipinski definition) is 12. The molecule has 0 aliphatic heterocycles. The van der Waals surface area contributed by atoms with Crippen LogP contribution in [0.3, 0.4) is 0 Å². The van der Waals surface area contributed by atoms with Crippen molar-refractivity contribution in [3.05, 3.63) is 214 Å². The van der Waals surface area contributed by atoms with Crippen molar-refractivity contribution in [2.75, 3.05) is 37.0 Å². The summed E-state index contributed by atoms with van der Waals surface area (Å²) in [6.07, 6.45) is 0.103. The zero-order valence-electron chi connectivity index (χ0n) is 72.7. The van der Waals surface area contributed by atoms with E-state index in [9.17, 15) is 48.6 Å². The van der Waals surface area contributed by atoms with Gasteiger partial charge in [0.1, 0.15) is 79.9 Å². The molecule has 126 heavy (non-hydrogen) atoms. The Hall–Kier alpha value is -10.7. The van der Waals surface area contributed by atoms with Gasteiger partial charge in [0, 0.05) is 47.6 Å². The first-order valence-corrected chi connectivity index (χ1v) is 46.6. The van der Waals surface area contributed by atoms with Gasteiger partial charge in [-0.1, -0.05) is 180 Å². The van der Waals surface area contributed by atoms with Crippen molar-refractivity contribution in [2.45, 2.75) is 229 Å². The molecule has 0 radical (unpaired) electrons. The summed E-state index contributed by atoms with van der Waals surface area (Å²) in [4.78, 5) is 173. The topological polar surface area (TPSA) is 412 Å². The molecule has 10 amide bonds. The molecule has 10 rings (SSSR count). The van der Waals surface area contributed by atoms with Crippen LogP contribution in [0.5, 0.6) is 0 Å². The highest BCUT2D eigenvalue weighted by Gasteiger charge is 2.50. The van der Waals surface area contributed by atoms with Gasteiger partial charge in [-0.15, -0.1) is 0 Å². The van der Waals surface area contributed by atoms with E-state index in [0.717, 1.165) is 76.6 Å². The van der Waals surface area contributed by atoms with E-state index in [4.69, 9.17) is 23.7 Å². The van der Waals surface area contributed by atoms with Crippen LogP contribution in [0.25, 0.3) is 0 Å². The average molecular weight is 1790 g/mol. The van der Waals surface area contributed by atoms with Gasteiger partial charge >= 0.3 is 30.2 Å². The number of aliphatic hydroxyl groups excluding tert-OH is 2. The van der Waals surface area contributed by atoms with Crippen LogP contribution in [-0.4, -0.2) is 185 Å². The lowest BCUT2D eigenvalue weighted by atomic mass is 9.55. The SMILES string of the molecule is Cc1ccc(CSC[C@H](NC(=O)[C@H](CC(=O)OC2C3CC4CC(C3)CC2C4)NC(=O)[C@H](CCCCNC(=O)OCc2ccccc2)NC(=O)OC(C)(C)C)C(=O)N[C@@H](CCCCNC(=O)OCc2ccccc2)C(=O)N[C@@H](CSCc2ccc(C)cc2)C(=O)N[C@H](C(=O)N[C@@H](CO)C(=O)N[C@@H](CSCc2ccc(C)cc2)C(=O)OCc2ccccc2)[C@@H](C)O)cc1. The first-order chi connectivity index (χ1) is 60.5. The Morgan fingerprint density at radius 2 is 0.754 bits per heavy atom. The highest BCUT2D eigenvalue weighted by atomic mass is 32.2. The lowest BCUT2D eigenvalue weighted by molar-refractivity contribution is -0.171. The van der Waals surface area contributed by atoms with Crippen molar-refractivity contribution < 1.29 is 91.4 Å². The number of ether oxygens (including phenoxy) is 5. The maximum atomic E-state index is 15.6. The predicted molar refractivity (Wildman–Crippen MR) is 482 cm³/mol. The molecule has 0 aromatic heterocycles. The van der Waals surface area contributed by atoms with E-state index in [1.165, 1.54) is 42.2 Å². The molecule has 0 spiro atoms. The van der Waals surface area contributed by atoms with E-state index < -0.39 is 151 Å². The molecule has 6 aromatic rings. The summed E-state index contributed by atoms with van der Waals surface area (Å²) >= 11 is 3.79. The number of aryl methyl sites for hydroxylation is 3. The lowest BCUT2D eigenvalue weighted by Crippen LogP contribution is -2.62. The van der Waals surface area contributed by atoms with Crippen LogP contribution in [0.1, 0.15) is 155 Å². The predicted octanol–water partition coefficient (Wildman–Crippen LogP) is 10.1. The zero-order chi connectivity index (χ0) is 90.5. The Morgan fingerprint density at radius 3 is 1.17 bits per heavy atom. The van der Waals surface area contributed by atoms with Gasteiger partial charge in [-0.05, 0) is 176 Å². The third-order valence-electron chi connectivity index (χ3n) is 21.8. The molecule has 6 aromatic carbocycles. The second kappa shape index (κ2) is 51.2. The number of nitrogens with one attached hydrogen (secondary N) is 10. The van der Waals surface area contributed by atoms with Crippen molar-refractivity contribution in [1.82, 2.24) is 53.2 Å². The monoisotopic (exact) mass is 1790 g/mol. The Kier molecular flexibility index (Phi) is 40.3. The minimum atomic E-state index is -1.86. The number of alkyl carbamates (subject to hydrolysis) is 3. The molecule has 12 N–H and O–H groups in total. The van der Waals surface area contributed by atoms with Gasteiger partial charge in [-0.2, -0.15) is 35.3 Å². The number of carbonyl (C=O) groups excluding carboxylic acids is 12. The number of aliphatic hydroxyl groups is 2. The Balaban J connectivity index is 0.971. The van der Waals surface area contributed by atoms with Crippen LogP contribution in [-0.2, 0) is 104 Å². The summed E-state index contributed by atoms with van der Waals surface area (Å²) in [5.74, 6) is -6.55. The Bertz CT molecular complexity index is 4490. The fourth-order valence-corrected chi connectivity index (χ4v) is 18.3. The standard InChI is InChI=1S/C94H122N10O19S3/c1-59-29-35-66(36-30-59)53-124-56-77(101-85(110)75(48-80(107)122-82-71-44-69-43-70(46-71)47-72(82)45-69)98-84(109)74(103-93(118)123-94(5,6)7)28-18-20-42-96-92(117)121-52-65-25-15-10-16-26-65)87(112)97-73(27-17-19-41-95-91(116)120-51-64-23-13-9-14-24-64)83(108)100-78(57-125-54-67-37-31-60(2)32-38-67)88(113)104-81(62(4)106)89(114)99-76(49-105)86(111)102-79(58-126-55-68-39-33-61(3)34-40-68)90(115)119-50-63-21-11-8-12-22-63/h8-16,21-26,29-40,62,69-79,81-82,105-106H,17-20,27-28,41-58H2,1-7H3,(H,95,116)(H,96,117)(H,97,112)(H,98,109)(H,99,114)(H,100,108)(H,101,110)(H,102,111)(H,103,118)(H,104,113)/t62-,69?,70?,71?,72?,73+,74+,75+,76+,77+,78+,79+,81+,82?/m1/s1. The van der Waals surface area contributed by atoms with E-state index in [0.29, 0.717) is 41.1 Å². The summed E-state index contributed by atoms with van der Waals surface area (Å²) in [6, 6.07) is 37.3. The van der Waals surface area contributed by atoms with Gasteiger partial charge in [0.2, 0.25) is 41.4 Å². The lowest BCUT2D eigenvalue weighted by Gasteiger charge is -2.53. The number of amides is 10. The fraction of sp³-hybridized carbons (Fsp3) is 0.489. The molecular formula is C94H122N10O19S3. The summed E-state index contributed by atoms with van der Waals surface area (Å²) in [6.45, 7) is 11.0. The van der Waals surface area contributed by atoms with Crippen LogP contribution in [0.2, 0.25) is 0 Å². The summed E-state index contributed by atoms with van der Waals surface area (Å²) < 4.78 is 28.4. The zero-order valence-corrected chi connectivity index (χ0v) is 75.2. The molecule has 4 bridgehead atoms. The summed E-state index contributed by atoms with van der Waals surface area (Å²) in [5.41, 5.74) is 6.86. The molecule has 29 nitrogen and oxygen atoms in total. The van der Waals surface area contributed by atoms with E-state index in [1.54, 1.807) is 75.4 Å². The molecule has 9 atom stereocenters. The van der Waals surface area contributed by atoms with Crippen LogP contribution >= 0.6 is 35.3 Å². The largest absolute Gasteiger partial charge is 0.462 e. The molecule has 0 unspecified atom stereocenters. The third kappa shape index (κ3) is 34.6. The maximum absolute atomic E-state index is 15.6. The maximum Gasteiger partial charge on any atom is 0.408 e. The molecule has 4 saturated carbocycles. The van der Waals surface area contributed by atoms with Crippen molar-refractivity contribution in [3.8, 4) is 0 Å². The molecule has 4 aliphatic rings. The van der Waals surface area contributed by atoms with Crippen LogP contribution in [0, 0.1) is 44.4 Å². The normalized spacial score (nSPS) is 17.6. The number of carbonyl (C=O) groups is 12. The highest BCUT2D eigenvalue weighted by Crippen LogP contribution is 2.55. The Morgan fingerprint density at radius 1 is 0.397 bits per heavy atom. The minimum Gasteiger partial charge on any atom is -0.462 e. The second-order valence-electron chi connectivity index (χ2n) is 33.6. The highest BCUT2D eigenvalue weighted by molar-refractivity contribution is 7.99. The van der Waals surface area contributed by atoms with Crippen molar-refractivity contribution in [2.24, 2.45) is 23.7 Å². The first-order valence-electron chi connectivity index (χ1n) is 43.1. The van der Waals surface area contributed by atoms with Gasteiger partial charge in [0.25, 0.3) is 0 Å². The number of benzene rings is 6. The van der Waals surface area contributed by atoms with Gasteiger partial charge in [0.05, 0.1) is 19.1 Å². The minimum absolute atomic E-state index is 0.0163. The number of rotatable bonds is 49. The number of thioether (sulfide) groups is 3. The smallest absolute Gasteiger partial charge is 0.408 e. The molecule has 32 heteroatoms. The van der Waals surface area contributed by atoms with Gasteiger partial charge < -0.3 is 87.1 Å². The van der Waals surface area contributed by atoms with E-state index >= 15 is 19.2 Å². The Labute approximate surface area is 750 Å². The molecule has 0 heterocycles. The van der Waals surface area contributed by atoms with E-state index in [1.807, 2.05) is 130 Å². The second-order valence-corrected chi connectivity index (χ2v) is 36.7. The first kappa shape index (κ1) is 99.1. The van der Waals surface area contributed by atoms with Gasteiger partial charge in [-0.25, -0.2) is 19.2 Å². The molecule has 4 fully saturated rings. The van der Waals surface area contributed by atoms with Gasteiger partial charge in [-0.3, -0.25) is 38.4 Å². The molecule has 680 valence electrons. The molecular weight excluding hydrogens is 1670 g/mol. The van der Waals surface area contributed by atoms with Crippen molar-refractivity contribution in [3.63, 3.8) is 0 Å². The van der Waals surface area contributed by atoms with Crippen LogP contribution in [0.4, 0.5) is 14.4 Å². The molecule has 4 aliphatic carbocycles. The average Bonchev–Trinajstić information content (AvgIpc) is 0.760. The number of hydrogen-bond acceptors (Lipinski definition) is 22. The fourth-order valence-electron chi connectivity index (χ4n) is 15.3. The quantitative estimate of drug-likeness (QED) is 0.00959. The van der Waals surface area contributed by atoms with E-state index in [-0.39, 0.29) is 94.1 Å². The number of unbranched alkanes of at least 4 members (excludes halogenated alkanes) is 2. The van der Waals surface area contributed by atoms with E-state index in [2.05, 4.69) is 53.2 Å². The number of esters is 2. The summed E-state index contributed by atoms with van der Waals surface area (Å²) in [5, 5.41) is 48.9. The van der Waals surface area contributed by atoms with Crippen molar-refractivity contribution >= 4 is 107 Å². The van der Waals surface area contributed by atoms with Crippen molar-refractivity contribution in [1.29, 1.82) is 0 Å². The third-order valence-corrected chi connectivity index (χ3v) is 25.2. The van der Waals surface area contributed by atoms with Crippen LogP contribution in [0.15, 0.2) is 164 Å². The van der Waals surface area contributed by atoms with Crippen LogP contribution < -0.4 is 53.2 Å². The summed E-state index contributed by atoms with van der Waals surface area (Å²) in [7, 11) is 0.